The second-order valence-corrected chi connectivity index (χ2v) is 2.87. The predicted molar refractivity (Wildman–Crippen MR) is 45.7 cm³/mol. The van der Waals surface area contributed by atoms with Crippen LogP contribution in [0.5, 0.6) is 0 Å². The van der Waals surface area contributed by atoms with Gasteiger partial charge in [-0.2, -0.15) is 13.2 Å². The summed E-state index contributed by atoms with van der Waals surface area (Å²) in [7, 11) is 0. The number of rotatable bonds is 1. The molecule has 0 spiro atoms. The first-order valence-corrected chi connectivity index (χ1v) is 3.95. The summed E-state index contributed by atoms with van der Waals surface area (Å²) in [5, 5.41) is 2.18. The van der Waals surface area contributed by atoms with Gasteiger partial charge in [-0.1, -0.05) is 0 Å². The topological polar surface area (TPSA) is 29.1 Å². The zero-order valence-electron chi connectivity index (χ0n) is 7.65. The van der Waals surface area contributed by atoms with Crippen LogP contribution in [-0.2, 0) is 11.0 Å². The first-order chi connectivity index (χ1) is 6.80. The summed E-state index contributed by atoms with van der Waals surface area (Å²) in [5.41, 5.74) is -1.36. The van der Waals surface area contributed by atoms with Crippen LogP contribution in [0, 0.1) is 5.82 Å². The van der Waals surface area contributed by atoms with Crippen molar-refractivity contribution in [3.8, 4) is 0 Å². The highest BCUT2D eigenvalue weighted by Gasteiger charge is 2.33. The summed E-state index contributed by atoms with van der Waals surface area (Å²) < 4.78 is 49.3. The van der Waals surface area contributed by atoms with E-state index in [-0.39, 0.29) is 5.69 Å². The summed E-state index contributed by atoms with van der Waals surface area (Å²) in [4.78, 5) is 10.6. The van der Waals surface area contributed by atoms with E-state index in [0.717, 1.165) is 6.07 Å². The molecule has 0 aliphatic carbocycles. The molecule has 0 aliphatic heterocycles. The average molecular weight is 221 g/mol. The fraction of sp³-hybridized carbons (Fsp3) is 0.222. The van der Waals surface area contributed by atoms with E-state index in [2.05, 4.69) is 5.32 Å². The number of benzene rings is 1. The normalized spacial score (nSPS) is 11.3. The van der Waals surface area contributed by atoms with Gasteiger partial charge in [-0.3, -0.25) is 4.79 Å². The Morgan fingerprint density at radius 1 is 1.33 bits per heavy atom. The number of amides is 1. The molecule has 0 aromatic heterocycles. The Balaban J connectivity index is 3.04. The smallest absolute Gasteiger partial charge is 0.326 e. The van der Waals surface area contributed by atoms with Gasteiger partial charge in [0.05, 0.1) is 5.56 Å². The number of carbonyl (C=O) groups is 1. The molecule has 1 aromatic carbocycles. The minimum atomic E-state index is -4.72. The van der Waals surface area contributed by atoms with E-state index in [0.29, 0.717) is 12.1 Å². The molecule has 0 saturated heterocycles. The van der Waals surface area contributed by atoms with Crippen LogP contribution in [0.15, 0.2) is 18.2 Å². The molecule has 82 valence electrons. The van der Waals surface area contributed by atoms with Crippen molar-refractivity contribution in [2.75, 3.05) is 5.32 Å². The molecular formula is C9H7F4NO. The fourth-order valence-corrected chi connectivity index (χ4v) is 1.03. The molecule has 15 heavy (non-hydrogen) atoms. The van der Waals surface area contributed by atoms with E-state index < -0.39 is 23.5 Å². The van der Waals surface area contributed by atoms with Crippen LogP contribution in [0.3, 0.4) is 0 Å². The Morgan fingerprint density at radius 2 is 1.93 bits per heavy atom. The van der Waals surface area contributed by atoms with Gasteiger partial charge in [-0.05, 0) is 18.2 Å². The number of anilines is 1. The van der Waals surface area contributed by atoms with Crippen molar-refractivity contribution < 1.29 is 22.4 Å². The van der Waals surface area contributed by atoms with Gasteiger partial charge in [0.2, 0.25) is 5.91 Å². The molecule has 1 N–H and O–H groups in total. The van der Waals surface area contributed by atoms with Crippen LogP contribution in [0.2, 0.25) is 0 Å². The maximum absolute atomic E-state index is 12.9. The number of hydrogen-bond donors (Lipinski definition) is 1. The quantitative estimate of drug-likeness (QED) is 0.726. The molecule has 0 radical (unpaired) electrons. The predicted octanol–water partition coefficient (Wildman–Crippen LogP) is 2.80. The molecule has 1 aromatic rings. The second kappa shape index (κ2) is 3.88. The van der Waals surface area contributed by atoms with E-state index in [1.54, 1.807) is 0 Å². The summed E-state index contributed by atoms with van der Waals surface area (Å²) in [6.45, 7) is 1.18. The molecule has 0 bridgehead atoms. The van der Waals surface area contributed by atoms with E-state index >= 15 is 0 Å². The van der Waals surface area contributed by atoms with Crippen molar-refractivity contribution in [1.29, 1.82) is 0 Å². The summed E-state index contributed by atoms with van der Waals surface area (Å²) in [5.74, 6) is -1.89. The number of carbonyl (C=O) groups excluding carboxylic acids is 1. The number of halogens is 4. The highest BCUT2D eigenvalue weighted by atomic mass is 19.4. The molecule has 1 rings (SSSR count). The highest BCUT2D eigenvalue weighted by Crippen LogP contribution is 2.32. The zero-order valence-corrected chi connectivity index (χ0v) is 7.65. The van der Waals surface area contributed by atoms with Crippen molar-refractivity contribution in [1.82, 2.24) is 0 Å². The molecule has 0 saturated carbocycles. The SMILES string of the molecule is CC(=O)Nc1ccc(C(F)(F)F)c(F)c1. The lowest BCUT2D eigenvalue weighted by Crippen LogP contribution is -2.10. The van der Waals surface area contributed by atoms with E-state index in [1.807, 2.05) is 0 Å². The van der Waals surface area contributed by atoms with Crippen molar-refractivity contribution in [3.05, 3.63) is 29.6 Å². The van der Waals surface area contributed by atoms with Gasteiger partial charge in [0.15, 0.2) is 0 Å². The Hall–Kier alpha value is -1.59. The van der Waals surface area contributed by atoms with Gasteiger partial charge in [0, 0.05) is 12.6 Å². The van der Waals surface area contributed by atoms with Crippen molar-refractivity contribution >= 4 is 11.6 Å². The molecular weight excluding hydrogens is 214 g/mol. The van der Waals surface area contributed by atoms with Crippen LogP contribution in [0.4, 0.5) is 23.2 Å². The first kappa shape index (κ1) is 11.5. The second-order valence-electron chi connectivity index (χ2n) is 2.87. The number of alkyl halides is 3. The number of nitrogens with one attached hydrogen (secondary N) is 1. The Labute approximate surface area is 82.9 Å². The van der Waals surface area contributed by atoms with Crippen LogP contribution in [-0.4, -0.2) is 5.91 Å². The Morgan fingerprint density at radius 3 is 2.33 bits per heavy atom. The minimum Gasteiger partial charge on any atom is -0.326 e. The molecule has 0 unspecified atom stereocenters. The lowest BCUT2D eigenvalue weighted by Gasteiger charge is -2.09. The lowest BCUT2D eigenvalue weighted by atomic mass is 10.2. The van der Waals surface area contributed by atoms with Gasteiger partial charge >= 0.3 is 6.18 Å². The van der Waals surface area contributed by atoms with Crippen molar-refractivity contribution in [2.24, 2.45) is 0 Å². The Bertz CT molecular complexity index is 386. The maximum atomic E-state index is 12.9. The number of hydrogen-bond acceptors (Lipinski definition) is 1. The Kier molecular flexibility index (Phi) is 2.97. The van der Waals surface area contributed by atoms with Crippen molar-refractivity contribution in [3.63, 3.8) is 0 Å². The third kappa shape index (κ3) is 2.93. The lowest BCUT2D eigenvalue weighted by molar-refractivity contribution is -0.139. The van der Waals surface area contributed by atoms with Crippen LogP contribution >= 0.6 is 0 Å². The van der Waals surface area contributed by atoms with Crippen LogP contribution < -0.4 is 5.32 Å². The van der Waals surface area contributed by atoms with Gasteiger partial charge in [-0.15, -0.1) is 0 Å². The molecule has 0 heterocycles. The van der Waals surface area contributed by atoms with Crippen LogP contribution in [0.1, 0.15) is 12.5 Å². The molecule has 1 amide bonds. The third-order valence-corrected chi connectivity index (χ3v) is 1.59. The molecule has 6 heteroatoms. The zero-order chi connectivity index (χ0) is 11.6. The van der Waals surface area contributed by atoms with Gasteiger partial charge in [0.1, 0.15) is 5.82 Å². The van der Waals surface area contributed by atoms with Gasteiger partial charge in [-0.25, -0.2) is 4.39 Å². The van der Waals surface area contributed by atoms with Gasteiger partial charge < -0.3 is 5.32 Å². The largest absolute Gasteiger partial charge is 0.419 e. The van der Waals surface area contributed by atoms with Crippen molar-refractivity contribution in [2.45, 2.75) is 13.1 Å². The summed E-state index contributed by atoms with van der Waals surface area (Å²) in [6, 6.07) is 2.21. The van der Waals surface area contributed by atoms with Crippen LogP contribution in [0.25, 0.3) is 0 Å². The van der Waals surface area contributed by atoms with E-state index in [4.69, 9.17) is 0 Å². The summed E-state index contributed by atoms with van der Waals surface area (Å²) in [6.07, 6.45) is -4.72. The van der Waals surface area contributed by atoms with Gasteiger partial charge in [0.25, 0.3) is 0 Å². The monoisotopic (exact) mass is 221 g/mol. The summed E-state index contributed by atoms with van der Waals surface area (Å²) >= 11 is 0. The maximum Gasteiger partial charge on any atom is 0.419 e. The molecule has 0 atom stereocenters. The molecule has 0 aliphatic rings. The first-order valence-electron chi connectivity index (χ1n) is 3.95. The standard InChI is InChI=1S/C9H7F4NO/c1-5(15)14-6-2-3-7(8(10)4-6)9(11,12)13/h2-4H,1H3,(H,14,15). The fourth-order valence-electron chi connectivity index (χ4n) is 1.03. The van der Waals surface area contributed by atoms with E-state index in [1.165, 1.54) is 6.92 Å². The van der Waals surface area contributed by atoms with E-state index in [9.17, 15) is 22.4 Å². The third-order valence-electron chi connectivity index (χ3n) is 1.59. The molecule has 2 nitrogen and oxygen atoms in total. The average Bonchev–Trinajstić information content (AvgIpc) is 1.99. The minimum absolute atomic E-state index is 0.00648. The highest BCUT2D eigenvalue weighted by molar-refractivity contribution is 5.88. The molecule has 0 fully saturated rings.